The van der Waals surface area contributed by atoms with Crippen LogP contribution in [0.4, 0.5) is 10.5 Å². The van der Waals surface area contributed by atoms with E-state index in [2.05, 4.69) is 15.5 Å². The van der Waals surface area contributed by atoms with Gasteiger partial charge in [-0.05, 0) is 55.8 Å². The second-order valence-electron chi connectivity index (χ2n) is 7.89. The number of hydrogen-bond donors (Lipinski definition) is 1. The van der Waals surface area contributed by atoms with Crippen LogP contribution < -0.4 is 10.2 Å². The molecule has 7 heteroatoms. The average Bonchev–Trinajstić information content (AvgIpc) is 3.30. The molecule has 0 spiro atoms. The Balaban J connectivity index is 1.64. The molecule has 0 saturated carbocycles. The summed E-state index contributed by atoms with van der Waals surface area (Å²) in [4.78, 5) is 19.5. The minimum absolute atomic E-state index is 0.216. The number of nitrogens with zero attached hydrogens (tertiary/aromatic N) is 3. The first-order valence-electron chi connectivity index (χ1n) is 10.5. The maximum absolute atomic E-state index is 13.2. The molecular formula is C26H21ClN4O2. The van der Waals surface area contributed by atoms with Gasteiger partial charge >= 0.3 is 6.03 Å². The first kappa shape index (κ1) is 21.0. The van der Waals surface area contributed by atoms with Crippen LogP contribution in [0, 0.1) is 6.92 Å². The van der Waals surface area contributed by atoms with Gasteiger partial charge in [0.25, 0.3) is 5.89 Å². The molecule has 2 heterocycles. The molecule has 1 aliphatic heterocycles. The molecule has 0 aliphatic carbocycles. The molecule has 0 fully saturated rings. The summed E-state index contributed by atoms with van der Waals surface area (Å²) >= 11 is 6.01. The Kier molecular flexibility index (Phi) is 5.44. The summed E-state index contributed by atoms with van der Waals surface area (Å²) in [5.41, 5.74) is 5.06. The van der Waals surface area contributed by atoms with E-state index in [1.165, 1.54) is 0 Å². The van der Waals surface area contributed by atoms with Crippen molar-refractivity contribution in [1.29, 1.82) is 0 Å². The number of carbonyl (C=O) groups is 1. The summed E-state index contributed by atoms with van der Waals surface area (Å²) < 4.78 is 5.72. The van der Waals surface area contributed by atoms with Crippen LogP contribution in [0.2, 0.25) is 5.02 Å². The molecule has 0 bridgehead atoms. The minimum Gasteiger partial charge on any atom is -0.334 e. The normalized spacial score (nSPS) is 16.2. The number of halogens is 1. The van der Waals surface area contributed by atoms with Gasteiger partial charge in [0.1, 0.15) is 0 Å². The average molecular weight is 457 g/mol. The number of benzene rings is 3. The van der Waals surface area contributed by atoms with Crippen molar-refractivity contribution in [3.8, 4) is 11.4 Å². The van der Waals surface area contributed by atoms with Crippen molar-refractivity contribution < 1.29 is 9.32 Å². The molecule has 0 radical (unpaired) electrons. The van der Waals surface area contributed by atoms with E-state index in [-0.39, 0.29) is 6.03 Å². The van der Waals surface area contributed by atoms with E-state index in [1.54, 1.807) is 17.0 Å². The Labute approximate surface area is 196 Å². The first-order valence-corrected chi connectivity index (χ1v) is 10.9. The molecule has 1 N–H and O–H groups in total. The van der Waals surface area contributed by atoms with Crippen molar-refractivity contribution in [1.82, 2.24) is 15.5 Å². The molecule has 1 aromatic heterocycles. The highest BCUT2D eigenvalue weighted by Gasteiger charge is 2.36. The Morgan fingerprint density at radius 1 is 0.939 bits per heavy atom. The molecule has 1 atom stereocenters. The van der Waals surface area contributed by atoms with Gasteiger partial charge in [-0.3, -0.25) is 4.90 Å². The zero-order chi connectivity index (χ0) is 22.9. The highest BCUT2D eigenvalue weighted by atomic mass is 35.5. The smallest absolute Gasteiger partial charge is 0.326 e. The first-order chi connectivity index (χ1) is 16.0. The van der Waals surface area contributed by atoms with Crippen LogP contribution in [0.5, 0.6) is 0 Å². The second-order valence-corrected chi connectivity index (χ2v) is 8.33. The third-order valence-corrected chi connectivity index (χ3v) is 5.92. The quantitative estimate of drug-likeness (QED) is 0.385. The molecule has 0 saturated heterocycles. The highest BCUT2D eigenvalue weighted by Crippen LogP contribution is 2.39. The van der Waals surface area contributed by atoms with E-state index in [0.717, 1.165) is 33.6 Å². The summed E-state index contributed by atoms with van der Waals surface area (Å²) in [5, 5.41) is 7.94. The molecular weight excluding hydrogens is 436 g/mol. The van der Waals surface area contributed by atoms with Gasteiger partial charge in [0.15, 0.2) is 0 Å². The Bertz CT molecular complexity index is 1330. The van der Waals surface area contributed by atoms with Crippen LogP contribution in [-0.2, 0) is 0 Å². The van der Waals surface area contributed by atoms with E-state index < -0.39 is 6.04 Å². The standard InChI is InChI=1S/C26H21ClN4O2/c1-16-8-14-21(15-9-16)31-17(2)22(23(28-26(31)32)18-6-4-3-5-7-18)25-29-24(30-33-25)19-10-12-20(27)13-11-19/h3-15,23H,1-2H3,(H,28,32). The van der Waals surface area contributed by atoms with E-state index in [0.29, 0.717) is 16.7 Å². The van der Waals surface area contributed by atoms with E-state index >= 15 is 0 Å². The van der Waals surface area contributed by atoms with Crippen molar-refractivity contribution in [2.24, 2.45) is 0 Å². The number of hydrogen-bond acceptors (Lipinski definition) is 4. The summed E-state index contributed by atoms with van der Waals surface area (Å²) in [5.74, 6) is 0.802. The lowest BCUT2D eigenvalue weighted by atomic mass is 9.94. The third-order valence-electron chi connectivity index (χ3n) is 5.67. The molecule has 164 valence electrons. The Morgan fingerprint density at radius 3 is 2.33 bits per heavy atom. The fourth-order valence-electron chi connectivity index (χ4n) is 3.97. The van der Waals surface area contributed by atoms with Gasteiger partial charge in [0.2, 0.25) is 5.82 Å². The Hall–Kier alpha value is -3.90. The topological polar surface area (TPSA) is 71.3 Å². The summed E-state index contributed by atoms with van der Waals surface area (Å²) in [6.45, 7) is 3.91. The number of amides is 2. The maximum Gasteiger partial charge on any atom is 0.326 e. The molecule has 6 nitrogen and oxygen atoms in total. The van der Waals surface area contributed by atoms with Crippen LogP contribution in [0.15, 0.2) is 89.1 Å². The lowest BCUT2D eigenvalue weighted by molar-refractivity contribution is 0.244. The van der Waals surface area contributed by atoms with E-state index in [1.807, 2.05) is 80.6 Å². The third kappa shape index (κ3) is 4.01. The van der Waals surface area contributed by atoms with Crippen molar-refractivity contribution in [2.75, 3.05) is 4.90 Å². The monoisotopic (exact) mass is 456 g/mol. The van der Waals surface area contributed by atoms with E-state index in [4.69, 9.17) is 16.1 Å². The van der Waals surface area contributed by atoms with Gasteiger partial charge in [-0.1, -0.05) is 64.8 Å². The number of urea groups is 1. The van der Waals surface area contributed by atoms with Gasteiger partial charge in [-0.2, -0.15) is 4.98 Å². The molecule has 1 unspecified atom stereocenters. The van der Waals surface area contributed by atoms with Crippen LogP contribution in [0.25, 0.3) is 17.0 Å². The molecule has 4 aromatic rings. The fraction of sp³-hybridized carbons (Fsp3) is 0.115. The van der Waals surface area contributed by atoms with E-state index in [9.17, 15) is 4.79 Å². The minimum atomic E-state index is -0.432. The number of aryl methyl sites for hydroxylation is 1. The predicted molar refractivity (Wildman–Crippen MR) is 129 cm³/mol. The van der Waals surface area contributed by atoms with Crippen molar-refractivity contribution in [3.63, 3.8) is 0 Å². The number of nitrogens with one attached hydrogen (secondary N) is 1. The zero-order valence-electron chi connectivity index (χ0n) is 18.1. The van der Waals surface area contributed by atoms with Gasteiger partial charge < -0.3 is 9.84 Å². The fourth-order valence-corrected chi connectivity index (χ4v) is 4.10. The van der Waals surface area contributed by atoms with Gasteiger partial charge in [0, 0.05) is 16.3 Å². The number of aromatic nitrogens is 2. The van der Waals surface area contributed by atoms with Gasteiger partial charge in [0.05, 0.1) is 17.3 Å². The van der Waals surface area contributed by atoms with Crippen molar-refractivity contribution >= 4 is 28.9 Å². The number of carbonyl (C=O) groups excluding carboxylic acids is 1. The number of allylic oxidation sites excluding steroid dienone is 1. The second kappa shape index (κ2) is 8.56. The van der Waals surface area contributed by atoms with Crippen molar-refractivity contribution in [2.45, 2.75) is 19.9 Å². The number of anilines is 1. The zero-order valence-corrected chi connectivity index (χ0v) is 18.9. The van der Waals surface area contributed by atoms with Crippen LogP contribution in [-0.4, -0.2) is 16.2 Å². The summed E-state index contributed by atoms with van der Waals surface area (Å²) in [6.07, 6.45) is 0. The van der Waals surface area contributed by atoms with Crippen molar-refractivity contribution in [3.05, 3.63) is 107 Å². The predicted octanol–water partition coefficient (Wildman–Crippen LogP) is 6.40. The summed E-state index contributed by atoms with van der Waals surface area (Å²) in [6, 6.07) is 24.1. The molecule has 3 aromatic carbocycles. The summed E-state index contributed by atoms with van der Waals surface area (Å²) in [7, 11) is 0. The SMILES string of the molecule is CC1=C(c2nc(-c3ccc(Cl)cc3)no2)C(c2ccccc2)NC(=O)N1c1ccc(C)cc1. The van der Waals surface area contributed by atoms with Crippen LogP contribution >= 0.6 is 11.6 Å². The lowest BCUT2D eigenvalue weighted by Crippen LogP contribution is -2.46. The van der Waals surface area contributed by atoms with Crippen LogP contribution in [0.1, 0.15) is 30.0 Å². The molecule has 5 rings (SSSR count). The molecule has 33 heavy (non-hydrogen) atoms. The lowest BCUT2D eigenvalue weighted by Gasteiger charge is -2.35. The Morgan fingerprint density at radius 2 is 1.64 bits per heavy atom. The van der Waals surface area contributed by atoms with Gasteiger partial charge in [-0.15, -0.1) is 0 Å². The largest absolute Gasteiger partial charge is 0.334 e. The molecule has 2 amide bonds. The molecule has 1 aliphatic rings. The number of rotatable bonds is 4. The maximum atomic E-state index is 13.2. The van der Waals surface area contributed by atoms with Crippen LogP contribution in [0.3, 0.4) is 0 Å². The highest BCUT2D eigenvalue weighted by molar-refractivity contribution is 6.30. The van der Waals surface area contributed by atoms with Gasteiger partial charge in [-0.25, -0.2) is 4.79 Å².